The normalized spacial score (nSPS) is 9.55. The molecule has 0 aromatic carbocycles. The van der Waals surface area contributed by atoms with Crippen LogP contribution in [0.5, 0.6) is 0 Å². The van der Waals surface area contributed by atoms with Crippen molar-refractivity contribution in [2.24, 2.45) is 0 Å². The van der Waals surface area contributed by atoms with E-state index in [2.05, 4.69) is 24.8 Å². The van der Waals surface area contributed by atoms with Gasteiger partial charge in [0.25, 0.3) is 0 Å². The molecule has 0 unspecified atom stereocenters. The first kappa shape index (κ1) is 23.5. The number of carbonyl (C=O) groups excluding carboxylic acids is 1. The molecular weight excluding hydrogens is 296 g/mol. The van der Waals surface area contributed by atoms with Crippen molar-refractivity contribution in [2.75, 3.05) is 0 Å². The summed E-state index contributed by atoms with van der Waals surface area (Å²) < 4.78 is 4.67. The summed E-state index contributed by atoms with van der Waals surface area (Å²) in [6, 6.07) is 0. The van der Waals surface area contributed by atoms with Crippen LogP contribution in [-0.4, -0.2) is 5.97 Å². The first-order valence-electron chi connectivity index (χ1n) is 8.74. The van der Waals surface area contributed by atoms with Gasteiger partial charge in [-0.05, 0) is 12.0 Å². The fourth-order valence-corrected chi connectivity index (χ4v) is 2.26. The Morgan fingerprint density at radius 2 is 1.23 bits per heavy atom. The lowest BCUT2D eigenvalue weighted by molar-refractivity contribution is -0.138. The molecule has 0 heterocycles. The van der Waals surface area contributed by atoms with Crippen LogP contribution < -0.4 is 0 Å². The molecule has 22 heavy (non-hydrogen) atoms. The molecule has 2 nitrogen and oxygen atoms in total. The summed E-state index contributed by atoms with van der Waals surface area (Å²) in [7, 11) is 0. The van der Waals surface area contributed by atoms with Crippen molar-refractivity contribution in [3.8, 4) is 0 Å². The summed E-state index contributed by atoms with van der Waals surface area (Å²) in [4.78, 5) is 11.0. The molecule has 0 aliphatic heterocycles. The van der Waals surface area contributed by atoms with Crippen LogP contribution >= 0.6 is 11.6 Å². The molecule has 0 bridgehead atoms. The standard InChI is InChI=1S/C17H32O2.C2H3Cl/c1-3-5-6-7-8-9-10-11-12-13-14-15-16-17(18)19-4-2;1-2-3/h4H,2-3,5-16H2,1H3;2H,1H2. The average Bonchev–Trinajstić information content (AvgIpc) is 2.49. The second-order valence-electron chi connectivity index (χ2n) is 5.45. The fraction of sp³-hybridized carbons (Fsp3) is 0.737. The molecule has 0 aliphatic carbocycles. The van der Waals surface area contributed by atoms with Gasteiger partial charge in [-0.2, -0.15) is 0 Å². The molecule has 0 rings (SSSR count). The van der Waals surface area contributed by atoms with Crippen LogP contribution in [0.2, 0.25) is 0 Å². The molecule has 0 aromatic rings. The van der Waals surface area contributed by atoms with Crippen molar-refractivity contribution in [3.05, 3.63) is 25.0 Å². The Balaban J connectivity index is 0. The van der Waals surface area contributed by atoms with Gasteiger partial charge in [0.1, 0.15) is 0 Å². The highest BCUT2D eigenvalue weighted by Crippen LogP contribution is 2.12. The Kier molecular flexibility index (Phi) is 24.1. The zero-order chi connectivity index (χ0) is 16.9. The van der Waals surface area contributed by atoms with E-state index < -0.39 is 0 Å². The molecule has 0 spiro atoms. The number of hydrogen-bond acceptors (Lipinski definition) is 2. The third-order valence-electron chi connectivity index (χ3n) is 3.45. The molecule has 0 atom stereocenters. The van der Waals surface area contributed by atoms with E-state index in [4.69, 9.17) is 11.6 Å². The Labute approximate surface area is 143 Å². The molecule has 0 aromatic heterocycles. The van der Waals surface area contributed by atoms with Gasteiger partial charge in [0.2, 0.25) is 0 Å². The van der Waals surface area contributed by atoms with Crippen LogP contribution in [0, 0.1) is 0 Å². The summed E-state index contributed by atoms with van der Waals surface area (Å²) in [5.74, 6) is -0.151. The first-order valence-corrected chi connectivity index (χ1v) is 9.18. The second-order valence-corrected chi connectivity index (χ2v) is 5.76. The highest BCUT2D eigenvalue weighted by atomic mass is 35.5. The van der Waals surface area contributed by atoms with E-state index in [1.165, 1.54) is 76.0 Å². The number of halogens is 1. The van der Waals surface area contributed by atoms with Crippen LogP contribution in [0.15, 0.2) is 25.0 Å². The quantitative estimate of drug-likeness (QED) is 0.192. The Hall–Kier alpha value is -0.760. The van der Waals surface area contributed by atoms with Gasteiger partial charge in [-0.15, -0.1) is 0 Å². The Bertz CT molecular complexity index is 252. The van der Waals surface area contributed by atoms with Crippen molar-refractivity contribution < 1.29 is 9.53 Å². The number of esters is 1. The largest absolute Gasteiger partial charge is 0.435 e. The second kappa shape index (κ2) is 22.5. The lowest BCUT2D eigenvalue weighted by Gasteiger charge is -2.02. The van der Waals surface area contributed by atoms with Crippen LogP contribution in [0.1, 0.15) is 90.4 Å². The van der Waals surface area contributed by atoms with E-state index in [0.29, 0.717) is 6.42 Å². The Morgan fingerprint density at radius 3 is 1.59 bits per heavy atom. The molecule has 0 amide bonds. The molecule has 0 radical (unpaired) electrons. The molecule has 130 valence electrons. The van der Waals surface area contributed by atoms with Crippen molar-refractivity contribution >= 4 is 17.6 Å². The summed E-state index contributed by atoms with van der Waals surface area (Å²) >= 11 is 4.76. The van der Waals surface area contributed by atoms with E-state index in [1.807, 2.05) is 0 Å². The molecule has 3 heteroatoms. The van der Waals surface area contributed by atoms with E-state index in [-0.39, 0.29) is 5.97 Å². The Morgan fingerprint density at radius 1 is 0.864 bits per heavy atom. The van der Waals surface area contributed by atoms with Crippen LogP contribution in [0.3, 0.4) is 0 Å². The summed E-state index contributed by atoms with van der Waals surface area (Å²) in [5, 5.41) is 0. The molecule has 0 fully saturated rings. The average molecular weight is 331 g/mol. The predicted octanol–water partition coefficient (Wildman–Crippen LogP) is 7.13. The van der Waals surface area contributed by atoms with Crippen molar-refractivity contribution in [1.82, 2.24) is 0 Å². The van der Waals surface area contributed by atoms with Crippen molar-refractivity contribution in [2.45, 2.75) is 90.4 Å². The monoisotopic (exact) mass is 330 g/mol. The number of rotatable bonds is 14. The lowest BCUT2D eigenvalue weighted by atomic mass is 10.0. The van der Waals surface area contributed by atoms with Gasteiger partial charge in [-0.25, -0.2) is 0 Å². The van der Waals surface area contributed by atoms with Gasteiger partial charge in [-0.3, -0.25) is 4.79 Å². The lowest BCUT2D eigenvalue weighted by Crippen LogP contribution is -1.98. The van der Waals surface area contributed by atoms with Crippen LogP contribution in [0.4, 0.5) is 0 Å². The van der Waals surface area contributed by atoms with Gasteiger partial charge < -0.3 is 4.74 Å². The zero-order valence-corrected chi connectivity index (χ0v) is 15.2. The molecular formula is C19H35ClO2. The van der Waals surface area contributed by atoms with Crippen LogP contribution in [0.25, 0.3) is 0 Å². The van der Waals surface area contributed by atoms with Gasteiger partial charge in [0.05, 0.1) is 6.26 Å². The maximum atomic E-state index is 11.0. The minimum Gasteiger partial charge on any atom is -0.435 e. The minimum atomic E-state index is -0.151. The summed E-state index contributed by atoms with van der Waals surface area (Å²) in [6.45, 7) is 8.75. The van der Waals surface area contributed by atoms with E-state index >= 15 is 0 Å². The highest BCUT2D eigenvalue weighted by molar-refractivity contribution is 6.25. The van der Waals surface area contributed by atoms with E-state index in [9.17, 15) is 4.79 Å². The molecule has 0 saturated heterocycles. The smallest absolute Gasteiger partial charge is 0.310 e. The number of hydrogen-bond donors (Lipinski definition) is 0. The number of unbranched alkanes of at least 4 members (excludes halogenated alkanes) is 11. The predicted molar refractivity (Wildman–Crippen MR) is 98.0 cm³/mol. The zero-order valence-electron chi connectivity index (χ0n) is 14.5. The van der Waals surface area contributed by atoms with Crippen LogP contribution in [-0.2, 0) is 9.53 Å². The van der Waals surface area contributed by atoms with Gasteiger partial charge in [-0.1, -0.05) is 102 Å². The van der Waals surface area contributed by atoms with E-state index in [1.54, 1.807) is 0 Å². The van der Waals surface area contributed by atoms with E-state index in [0.717, 1.165) is 12.8 Å². The SMILES string of the molecule is C=CCl.C=COC(=O)CCCCCCCCCCCCCC. The summed E-state index contributed by atoms with van der Waals surface area (Å²) in [5.41, 5.74) is 1.22. The highest BCUT2D eigenvalue weighted by Gasteiger charge is 1.99. The third-order valence-corrected chi connectivity index (χ3v) is 3.45. The van der Waals surface area contributed by atoms with Gasteiger partial charge in [0, 0.05) is 6.42 Å². The maximum Gasteiger partial charge on any atom is 0.310 e. The first-order chi connectivity index (χ1) is 10.7. The maximum absolute atomic E-state index is 11.0. The number of ether oxygens (including phenoxy) is 1. The molecule has 0 saturated carbocycles. The fourth-order valence-electron chi connectivity index (χ4n) is 2.26. The molecule has 0 aliphatic rings. The topological polar surface area (TPSA) is 26.3 Å². The number of carbonyl (C=O) groups is 1. The van der Waals surface area contributed by atoms with Crippen molar-refractivity contribution in [1.29, 1.82) is 0 Å². The van der Waals surface area contributed by atoms with Crippen molar-refractivity contribution in [3.63, 3.8) is 0 Å². The molecule has 0 N–H and O–H groups in total. The summed E-state index contributed by atoms with van der Waals surface area (Å²) in [6.07, 6.45) is 17.5. The minimum absolute atomic E-state index is 0.151. The third kappa shape index (κ3) is 24.3. The van der Waals surface area contributed by atoms with Gasteiger partial charge in [0.15, 0.2) is 0 Å². The van der Waals surface area contributed by atoms with Gasteiger partial charge >= 0.3 is 5.97 Å².